The fraction of sp³-hybridized carbons (Fsp3) is 0.333. The Labute approximate surface area is 172 Å². The van der Waals surface area contributed by atoms with Gasteiger partial charge in [0.1, 0.15) is 18.3 Å². The van der Waals surface area contributed by atoms with E-state index in [-0.39, 0.29) is 34.8 Å². The van der Waals surface area contributed by atoms with Crippen LogP contribution in [-0.2, 0) is 0 Å². The third-order valence-corrected chi connectivity index (χ3v) is 5.35. The van der Waals surface area contributed by atoms with Crippen LogP contribution in [0.1, 0.15) is 53.2 Å². The number of carbonyl (C=O) groups excluding carboxylic acids is 2. The van der Waals surface area contributed by atoms with Crippen LogP contribution in [0.25, 0.3) is 5.69 Å². The summed E-state index contributed by atoms with van der Waals surface area (Å²) in [6.45, 7) is 0. The van der Waals surface area contributed by atoms with Gasteiger partial charge in [-0.15, -0.1) is 0 Å². The Bertz CT molecular complexity index is 1040. The molecular weight excluding hydrogens is 389 g/mol. The number of halogens is 1. The molecule has 1 saturated carbocycles. The SMILES string of the molecule is CN(C(=O)c1ccc(C(=O)Nc2ccc(-n3cncn3)c(F)c2)o1)C1CCCCC1. The van der Waals surface area contributed by atoms with Gasteiger partial charge in [-0.1, -0.05) is 19.3 Å². The number of carbonyl (C=O) groups is 2. The molecule has 8 nitrogen and oxygen atoms in total. The summed E-state index contributed by atoms with van der Waals surface area (Å²) < 4.78 is 21.1. The fourth-order valence-corrected chi connectivity index (χ4v) is 3.68. The van der Waals surface area contributed by atoms with Gasteiger partial charge in [0, 0.05) is 18.8 Å². The highest BCUT2D eigenvalue weighted by Gasteiger charge is 2.25. The molecule has 0 atom stereocenters. The largest absolute Gasteiger partial charge is 0.446 e. The van der Waals surface area contributed by atoms with Crippen molar-refractivity contribution in [3.63, 3.8) is 0 Å². The van der Waals surface area contributed by atoms with E-state index in [2.05, 4.69) is 15.4 Å². The molecule has 0 bridgehead atoms. The highest BCUT2D eigenvalue weighted by atomic mass is 19.1. The van der Waals surface area contributed by atoms with E-state index >= 15 is 0 Å². The second kappa shape index (κ2) is 8.48. The van der Waals surface area contributed by atoms with E-state index in [4.69, 9.17) is 4.42 Å². The lowest BCUT2D eigenvalue weighted by Gasteiger charge is -2.30. The molecule has 30 heavy (non-hydrogen) atoms. The molecule has 0 saturated heterocycles. The molecule has 1 fully saturated rings. The Kier molecular flexibility index (Phi) is 5.60. The fourth-order valence-electron chi connectivity index (χ4n) is 3.68. The van der Waals surface area contributed by atoms with E-state index in [1.807, 2.05) is 0 Å². The average molecular weight is 411 g/mol. The van der Waals surface area contributed by atoms with Crippen molar-refractivity contribution >= 4 is 17.5 Å². The average Bonchev–Trinajstić information content (AvgIpc) is 3.46. The number of furan rings is 1. The Morgan fingerprint density at radius 1 is 1.17 bits per heavy atom. The molecular formula is C21H22FN5O3. The van der Waals surface area contributed by atoms with Crippen LogP contribution in [0.15, 0.2) is 47.4 Å². The van der Waals surface area contributed by atoms with Crippen molar-refractivity contribution in [1.29, 1.82) is 0 Å². The van der Waals surface area contributed by atoms with E-state index in [1.54, 1.807) is 18.0 Å². The van der Waals surface area contributed by atoms with Crippen LogP contribution in [0.2, 0.25) is 0 Å². The molecule has 1 N–H and O–H groups in total. The lowest BCUT2D eigenvalue weighted by atomic mass is 9.94. The van der Waals surface area contributed by atoms with Crippen molar-refractivity contribution < 1.29 is 18.4 Å². The number of rotatable bonds is 5. The van der Waals surface area contributed by atoms with Gasteiger partial charge in [0.05, 0.1) is 0 Å². The summed E-state index contributed by atoms with van der Waals surface area (Å²) in [6, 6.07) is 7.34. The summed E-state index contributed by atoms with van der Waals surface area (Å²) >= 11 is 0. The Balaban J connectivity index is 1.43. The number of hydrogen-bond donors (Lipinski definition) is 1. The molecule has 1 aliphatic carbocycles. The molecule has 0 aliphatic heterocycles. The van der Waals surface area contributed by atoms with Gasteiger partial charge < -0.3 is 14.6 Å². The van der Waals surface area contributed by atoms with Crippen molar-refractivity contribution in [2.45, 2.75) is 38.1 Å². The molecule has 3 aromatic rings. The van der Waals surface area contributed by atoms with Crippen molar-refractivity contribution in [2.24, 2.45) is 0 Å². The molecule has 0 spiro atoms. The molecule has 2 amide bonds. The summed E-state index contributed by atoms with van der Waals surface area (Å²) in [5.41, 5.74) is 0.465. The van der Waals surface area contributed by atoms with E-state index < -0.39 is 11.7 Å². The number of amides is 2. The third kappa shape index (κ3) is 4.10. The minimum Gasteiger partial charge on any atom is -0.446 e. The molecule has 9 heteroatoms. The Morgan fingerprint density at radius 2 is 1.93 bits per heavy atom. The highest BCUT2D eigenvalue weighted by molar-refractivity contribution is 6.03. The molecule has 1 aliphatic rings. The van der Waals surface area contributed by atoms with Crippen LogP contribution in [0.3, 0.4) is 0 Å². The smallest absolute Gasteiger partial charge is 0.291 e. The van der Waals surface area contributed by atoms with E-state index in [0.717, 1.165) is 25.7 Å². The Morgan fingerprint density at radius 3 is 2.63 bits per heavy atom. The summed E-state index contributed by atoms with van der Waals surface area (Å²) in [5, 5.41) is 6.45. The molecule has 2 aromatic heterocycles. The number of nitrogens with zero attached hydrogens (tertiary/aromatic N) is 4. The maximum absolute atomic E-state index is 14.3. The molecule has 0 radical (unpaired) electrons. The van der Waals surface area contributed by atoms with Crippen LogP contribution >= 0.6 is 0 Å². The van der Waals surface area contributed by atoms with Gasteiger partial charge in [-0.3, -0.25) is 9.59 Å². The Hall–Kier alpha value is -3.49. The van der Waals surface area contributed by atoms with Gasteiger partial charge in [0.25, 0.3) is 11.8 Å². The van der Waals surface area contributed by atoms with Gasteiger partial charge in [-0.2, -0.15) is 5.10 Å². The minimum absolute atomic E-state index is 0.0174. The van der Waals surface area contributed by atoms with Crippen LogP contribution in [0.5, 0.6) is 0 Å². The van der Waals surface area contributed by atoms with Gasteiger partial charge in [-0.25, -0.2) is 14.1 Å². The van der Waals surface area contributed by atoms with Crippen molar-refractivity contribution in [2.75, 3.05) is 12.4 Å². The first-order chi connectivity index (χ1) is 14.5. The lowest BCUT2D eigenvalue weighted by Crippen LogP contribution is -2.38. The van der Waals surface area contributed by atoms with Crippen LogP contribution in [-0.4, -0.2) is 44.6 Å². The molecule has 0 unspecified atom stereocenters. The maximum Gasteiger partial charge on any atom is 0.291 e. The predicted molar refractivity (Wildman–Crippen MR) is 107 cm³/mol. The van der Waals surface area contributed by atoms with Gasteiger partial charge >= 0.3 is 0 Å². The molecule has 4 rings (SSSR count). The second-order valence-electron chi connectivity index (χ2n) is 7.33. The van der Waals surface area contributed by atoms with Gasteiger partial charge in [0.2, 0.25) is 0 Å². The second-order valence-corrected chi connectivity index (χ2v) is 7.33. The third-order valence-electron chi connectivity index (χ3n) is 5.35. The van der Waals surface area contributed by atoms with Crippen LogP contribution in [0.4, 0.5) is 10.1 Å². The molecule has 1 aromatic carbocycles. The topological polar surface area (TPSA) is 93.3 Å². The number of anilines is 1. The van der Waals surface area contributed by atoms with E-state index in [0.29, 0.717) is 0 Å². The molecule has 156 valence electrons. The first kappa shape index (κ1) is 19.8. The zero-order valence-electron chi connectivity index (χ0n) is 16.5. The maximum atomic E-state index is 14.3. The number of aromatic nitrogens is 3. The number of benzene rings is 1. The van der Waals surface area contributed by atoms with Crippen LogP contribution < -0.4 is 5.32 Å². The van der Waals surface area contributed by atoms with Gasteiger partial charge in [0.15, 0.2) is 17.3 Å². The monoisotopic (exact) mass is 411 g/mol. The summed E-state index contributed by atoms with van der Waals surface area (Å²) in [7, 11) is 1.76. The summed E-state index contributed by atoms with van der Waals surface area (Å²) in [5.74, 6) is -1.29. The standard InChI is InChI=1S/C21H22FN5O3/c1-26(15-5-3-2-4-6-15)21(29)19-10-9-18(30-19)20(28)25-14-7-8-17(16(22)11-14)27-13-23-12-24-27/h7-13,15H,2-6H2,1H3,(H,25,28). The minimum atomic E-state index is -0.567. The van der Waals surface area contributed by atoms with Crippen molar-refractivity contribution in [3.8, 4) is 5.69 Å². The van der Waals surface area contributed by atoms with Crippen LogP contribution in [0, 0.1) is 5.82 Å². The quantitative estimate of drug-likeness (QED) is 0.692. The predicted octanol–water partition coefficient (Wildman–Crippen LogP) is 3.66. The lowest BCUT2D eigenvalue weighted by molar-refractivity contribution is 0.0662. The summed E-state index contributed by atoms with van der Waals surface area (Å²) in [4.78, 5) is 30.6. The first-order valence-electron chi connectivity index (χ1n) is 9.86. The zero-order chi connectivity index (χ0) is 21.1. The van der Waals surface area contributed by atoms with Gasteiger partial charge in [-0.05, 0) is 43.2 Å². The van der Waals surface area contributed by atoms with E-state index in [9.17, 15) is 14.0 Å². The van der Waals surface area contributed by atoms with E-state index in [1.165, 1.54) is 48.0 Å². The van der Waals surface area contributed by atoms with Crippen molar-refractivity contribution in [3.05, 3.63) is 60.3 Å². The number of hydrogen-bond acceptors (Lipinski definition) is 5. The number of nitrogens with one attached hydrogen (secondary N) is 1. The normalized spacial score (nSPS) is 14.5. The first-order valence-corrected chi connectivity index (χ1v) is 9.86. The van der Waals surface area contributed by atoms with Crippen molar-refractivity contribution in [1.82, 2.24) is 19.7 Å². The summed E-state index contributed by atoms with van der Waals surface area (Å²) in [6.07, 6.45) is 8.06. The zero-order valence-corrected chi connectivity index (χ0v) is 16.5. The highest BCUT2D eigenvalue weighted by Crippen LogP contribution is 2.24. The molecule has 2 heterocycles.